The van der Waals surface area contributed by atoms with Crippen LogP contribution in [0.25, 0.3) is 15.3 Å². The Labute approximate surface area is 414 Å². The van der Waals surface area contributed by atoms with E-state index in [9.17, 15) is 24.3 Å². The van der Waals surface area contributed by atoms with Crippen LogP contribution in [0.3, 0.4) is 0 Å². The van der Waals surface area contributed by atoms with Gasteiger partial charge in [0, 0.05) is 42.9 Å². The SMILES string of the molecule is [C-]#[N+]c1ccc(OC2C(C)(C)C(N3Cc4nc(C#CCCCCOCC(=O)N[C@H](C(=O)N5C[C@H](O)C[C@H]5C(=O)N[C@@H](C)c5ccc(-c6scnc6C)cc5)C(C)(C)C)ccc4C3=O)C2(C)C)cc1Cl. The minimum Gasteiger partial charge on any atom is -0.489 e. The maximum atomic E-state index is 14.1. The fourth-order valence-electron chi connectivity index (χ4n) is 10.4. The van der Waals surface area contributed by atoms with Crippen LogP contribution in [0.5, 0.6) is 5.75 Å². The lowest BCUT2D eigenvalue weighted by atomic mass is 9.49. The number of pyridine rings is 1. The summed E-state index contributed by atoms with van der Waals surface area (Å²) in [6.07, 6.45) is 0.937. The van der Waals surface area contributed by atoms with Gasteiger partial charge in [-0.05, 0) is 73.4 Å². The summed E-state index contributed by atoms with van der Waals surface area (Å²) in [6, 6.07) is 14.2. The van der Waals surface area contributed by atoms with E-state index in [1.54, 1.807) is 41.7 Å². The highest BCUT2D eigenvalue weighted by atomic mass is 35.5. The molecule has 7 rings (SSSR count). The van der Waals surface area contributed by atoms with Gasteiger partial charge in [0.15, 0.2) is 0 Å². The number of β-amino-alcohol motifs (C(OH)–C–C–N with tert-alkyl or cyclic N) is 1. The van der Waals surface area contributed by atoms with E-state index in [0.717, 1.165) is 28.1 Å². The average Bonchev–Trinajstić information content (AvgIpc) is 4.00. The maximum Gasteiger partial charge on any atom is 0.256 e. The molecule has 4 atom stereocenters. The van der Waals surface area contributed by atoms with Crippen LogP contribution in [0.4, 0.5) is 5.69 Å². The van der Waals surface area contributed by atoms with Crippen molar-refractivity contribution in [3.8, 4) is 28.0 Å². The van der Waals surface area contributed by atoms with Crippen molar-refractivity contribution in [3.05, 3.63) is 105 Å². The first-order valence-electron chi connectivity index (χ1n) is 23.4. The number of aromatic nitrogens is 2. The molecule has 1 saturated heterocycles. The summed E-state index contributed by atoms with van der Waals surface area (Å²) in [7, 11) is 0. The van der Waals surface area contributed by atoms with Crippen LogP contribution in [-0.4, -0.2) is 98.6 Å². The van der Waals surface area contributed by atoms with Crippen LogP contribution in [0.2, 0.25) is 5.02 Å². The first-order chi connectivity index (χ1) is 32.6. The Morgan fingerprint density at radius 1 is 1.06 bits per heavy atom. The van der Waals surface area contributed by atoms with Crippen molar-refractivity contribution in [1.29, 1.82) is 0 Å². The molecule has 0 unspecified atom stereocenters. The standard InChI is InChI=1S/C53H62ClN7O7S/c1-31(33-16-18-34(19-17-33)44-32(2)56-30-69-44)57-46(64)42-25-36(62)27-60(42)48(66)45(51(3,4)5)59-43(63)29-67-24-14-12-11-13-15-35-20-22-38-41(58-35)28-61(47(38)65)49-52(6,7)50(53(49,8)9)68-37-21-23-40(55-10)39(54)26-37/h16-23,26,30-31,36,42,45,49-50,62H,11-12,14,24-25,27-29H2,1-9H3,(H,57,64)(H,59,63)/t31-,36+,42-,45+,49?,50?/m0/s1. The minimum absolute atomic E-state index is 0.0219. The summed E-state index contributed by atoms with van der Waals surface area (Å²) >= 11 is 7.86. The predicted octanol–water partition coefficient (Wildman–Crippen LogP) is 8.46. The number of ether oxygens (including phenoxy) is 2. The van der Waals surface area contributed by atoms with Crippen molar-refractivity contribution in [2.45, 2.75) is 131 Å². The lowest BCUT2D eigenvalue weighted by molar-refractivity contribution is -0.199. The highest BCUT2D eigenvalue weighted by Crippen LogP contribution is 2.59. The van der Waals surface area contributed by atoms with Crippen LogP contribution < -0.4 is 15.4 Å². The lowest BCUT2D eigenvalue weighted by Gasteiger charge is -2.65. The number of aliphatic hydroxyl groups excluding tert-OH is 1. The Morgan fingerprint density at radius 2 is 1.78 bits per heavy atom. The molecule has 0 bridgehead atoms. The second-order valence-electron chi connectivity index (χ2n) is 20.6. The number of hydrogen-bond acceptors (Lipinski definition) is 10. The Hall–Kier alpha value is -5.84. The minimum atomic E-state index is -0.968. The zero-order valence-corrected chi connectivity index (χ0v) is 42.4. The van der Waals surface area contributed by atoms with Gasteiger partial charge in [0.05, 0.1) is 57.6 Å². The zero-order valence-electron chi connectivity index (χ0n) is 40.8. The molecule has 69 heavy (non-hydrogen) atoms. The Kier molecular flexibility index (Phi) is 15.3. The number of nitrogens with one attached hydrogen (secondary N) is 2. The summed E-state index contributed by atoms with van der Waals surface area (Å²) in [4.78, 5) is 71.5. The molecule has 2 aromatic heterocycles. The number of aliphatic hydroxyl groups is 1. The smallest absolute Gasteiger partial charge is 0.256 e. The number of carbonyl (C=O) groups is 4. The molecule has 0 radical (unpaired) electrons. The second kappa shape index (κ2) is 20.6. The highest BCUT2D eigenvalue weighted by molar-refractivity contribution is 7.13. The van der Waals surface area contributed by atoms with Gasteiger partial charge < -0.3 is 35.0 Å². The second-order valence-corrected chi connectivity index (χ2v) is 21.8. The van der Waals surface area contributed by atoms with Gasteiger partial charge in [-0.3, -0.25) is 19.2 Å². The van der Waals surface area contributed by atoms with Crippen LogP contribution in [-0.2, 0) is 25.7 Å². The number of unbranched alkanes of at least 4 members (excludes halogenated alkanes) is 2. The molecule has 1 saturated carbocycles. The number of carbonyl (C=O) groups excluding carboxylic acids is 4. The zero-order chi connectivity index (χ0) is 50.0. The largest absolute Gasteiger partial charge is 0.489 e. The molecular formula is C53H62ClN7O7S. The topological polar surface area (TPSA) is 168 Å². The number of halogens is 1. The molecule has 3 aliphatic rings. The van der Waals surface area contributed by atoms with E-state index < -0.39 is 46.2 Å². The highest BCUT2D eigenvalue weighted by Gasteiger charge is 2.67. The van der Waals surface area contributed by atoms with E-state index in [1.807, 2.05) is 69.3 Å². The van der Waals surface area contributed by atoms with E-state index in [1.165, 1.54) is 4.90 Å². The van der Waals surface area contributed by atoms with Gasteiger partial charge >= 0.3 is 0 Å². The fourth-order valence-corrected chi connectivity index (χ4v) is 11.5. The van der Waals surface area contributed by atoms with Crippen molar-refractivity contribution >= 4 is 52.3 Å². The van der Waals surface area contributed by atoms with Gasteiger partial charge in [-0.2, -0.15) is 0 Å². The molecule has 4 heterocycles. The molecule has 3 N–H and O–H groups in total. The monoisotopic (exact) mass is 975 g/mol. The quantitative estimate of drug-likeness (QED) is 0.0602. The third kappa shape index (κ3) is 11.0. The number of nitrogens with zero attached hydrogens (tertiary/aromatic N) is 5. The van der Waals surface area contributed by atoms with Crippen LogP contribution in [0, 0.1) is 41.6 Å². The third-order valence-electron chi connectivity index (χ3n) is 13.5. The molecule has 364 valence electrons. The molecule has 2 aromatic carbocycles. The summed E-state index contributed by atoms with van der Waals surface area (Å²) in [5.41, 5.74) is 5.45. The summed E-state index contributed by atoms with van der Waals surface area (Å²) in [5.74, 6) is 5.55. The average molecular weight is 977 g/mol. The van der Waals surface area contributed by atoms with Gasteiger partial charge in [0.1, 0.15) is 36.2 Å². The molecule has 0 spiro atoms. The summed E-state index contributed by atoms with van der Waals surface area (Å²) < 4.78 is 12.1. The molecule has 2 fully saturated rings. The van der Waals surface area contributed by atoms with E-state index >= 15 is 0 Å². The van der Waals surface area contributed by atoms with Gasteiger partial charge in [0.25, 0.3) is 5.91 Å². The van der Waals surface area contributed by atoms with Crippen molar-refractivity contribution in [2.24, 2.45) is 16.2 Å². The number of thiazole rings is 1. The number of aryl methyl sites for hydroxylation is 1. The van der Waals surface area contributed by atoms with E-state index in [0.29, 0.717) is 59.4 Å². The van der Waals surface area contributed by atoms with Crippen molar-refractivity contribution in [2.75, 3.05) is 19.8 Å². The number of fused-ring (bicyclic) bond motifs is 1. The molecule has 14 nitrogen and oxygen atoms in total. The van der Waals surface area contributed by atoms with Crippen molar-refractivity contribution < 1.29 is 33.8 Å². The van der Waals surface area contributed by atoms with Crippen molar-refractivity contribution in [3.63, 3.8) is 0 Å². The Morgan fingerprint density at radius 3 is 2.43 bits per heavy atom. The molecule has 4 amide bonds. The molecule has 1 aliphatic carbocycles. The van der Waals surface area contributed by atoms with Gasteiger partial charge in [0.2, 0.25) is 23.4 Å². The summed E-state index contributed by atoms with van der Waals surface area (Å²) in [6.45, 7) is 25.5. The fraction of sp³-hybridized carbons (Fsp3) is 0.491. The van der Waals surface area contributed by atoms with Crippen LogP contribution >= 0.6 is 22.9 Å². The first-order valence-corrected chi connectivity index (χ1v) is 24.7. The number of amides is 4. The van der Waals surface area contributed by atoms with E-state index in [2.05, 4.69) is 60.0 Å². The predicted molar refractivity (Wildman–Crippen MR) is 265 cm³/mol. The lowest BCUT2D eigenvalue weighted by Crippen LogP contribution is -2.74. The maximum absolute atomic E-state index is 14.1. The summed E-state index contributed by atoms with van der Waals surface area (Å²) in [5, 5.41) is 16.9. The number of hydrogen-bond donors (Lipinski definition) is 3. The number of likely N-dealkylation sites (tertiary alicyclic amines) is 1. The number of benzene rings is 2. The normalized spacial score (nSPS) is 21.0. The van der Waals surface area contributed by atoms with E-state index in [-0.39, 0.29) is 49.6 Å². The van der Waals surface area contributed by atoms with Gasteiger partial charge in [-0.1, -0.05) is 96.3 Å². The van der Waals surface area contributed by atoms with Gasteiger partial charge in [-0.15, -0.1) is 11.3 Å². The number of rotatable bonds is 15. The van der Waals surface area contributed by atoms with Gasteiger partial charge in [-0.25, -0.2) is 14.8 Å². The Balaban J connectivity index is 0.849. The van der Waals surface area contributed by atoms with Crippen LogP contribution in [0.15, 0.2) is 60.1 Å². The molecule has 16 heteroatoms. The third-order valence-corrected chi connectivity index (χ3v) is 14.8. The molecular weight excluding hydrogens is 914 g/mol. The molecule has 2 aliphatic heterocycles. The molecule has 4 aromatic rings. The van der Waals surface area contributed by atoms with E-state index in [4.69, 9.17) is 32.6 Å². The van der Waals surface area contributed by atoms with Crippen LogP contribution in [0.1, 0.15) is 120 Å². The Bertz CT molecular complexity index is 2680. The van der Waals surface area contributed by atoms with Crippen molar-refractivity contribution in [1.82, 2.24) is 30.4 Å². The first kappa shape index (κ1) is 51.0.